The summed E-state index contributed by atoms with van der Waals surface area (Å²) in [7, 11) is -3.37. The first kappa shape index (κ1) is 19.5. The maximum Gasteiger partial charge on any atom is 0.335 e. The van der Waals surface area contributed by atoms with E-state index in [2.05, 4.69) is 10.8 Å². The molecule has 0 saturated heterocycles. The summed E-state index contributed by atoms with van der Waals surface area (Å²) in [4.78, 5) is 11.3. The van der Waals surface area contributed by atoms with Gasteiger partial charge in [-0.25, -0.2) is 13.2 Å². The van der Waals surface area contributed by atoms with Crippen molar-refractivity contribution in [3.63, 3.8) is 0 Å². The summed E-state index contributed by atoms with van der Waals surface area (Å²) >= 11 is 0. The average Bonchev–Trinajstić information content (AvgIpc) is 3.00. The third kappa shape index (κ3) is 3.44. The summed E-state index contributed by atoms with van der Waals surface area (Å²) in [5.41, 5.74) is 3.13. The molecule has 0 spiro atoms. The number of benzene rings is 2. The van der Waals surface area contributed by atoms with E-state index < -0.39 is 16.0 Å². The zero-order valence-electron chi connectivity index (χ0n) is 15.4. The van der Waals surface area contributed by atoms with Crippen molar-refractivity contribution in [1.29, 1.82) is 5.26 Å². The first-order chi connectivity index (χ1) is 13.3. The SMILES string of the molecule is CCn1c(-c2ccc(NS(=O)(=O)CC)cc2)c(C#N)c2ccc(C(=O)O)cc21. The monoisotopic (exact) mass is 397 g/mol. The van der Waals surface area contributed by atoms with Gasteiger partial charge in [0, 0.05) is 17.6 Å². The molecule has 28 heavy (non-hydrogen) atoms. The van der Waals surface area contributed by atoms with Gasteiger partial charge in [-0.3, -0.25) is 4.72 Å². The number of carbonyl (C=O) groups is 1. The van der Waals surface area contributed by atoms with Gasteiger partial charge in [0.2, 0.25) is 10.0 Å². The molecule has 2 N–H and O–H groups in total. The molecule has 0 amide bonds. The molecule has 7 nitrogen and oxygen atoms in total. The Bertz CT molecular complexity index is 1200. The number of hydrogen-bond donors (Lipinski definition) is 2. The lowest BCUT2D eigenvalue weighted by Gasteiger charge is -2.10. The van der Waals surface area contributed by atoms with Crippen LogP contribution in [0.25, 0.3) is 22.2 Å². The Balaban J connectivity index is 2.17. The number of anilines is 1. The highest BCUT2D eigenvalue weighted by Crippen LogP contribution is 2.34. The summed E-state index contributed by atoms with van der Waals surface area (Å²) in [6.45, 7) is 4.02. The number of aryl methyl sites for hydroxylation is 1. The molecule has 8 heteroatoms. The number of aromatic nitrogens is 1. The number of aromatic carboxylic acids is 1. The Kier molecular flexibility index (Phi) is 5.12. The van der Waals surface area contributed by atoms with E-state index in [0.29, 0.717) is 34.4 Å². The largest absolute Gasteiger partial charge is 0.478 e. The van der Waals surface area contributed by atoms with Gasteiger partial charge >= 0.3 is 5.97 Å². The van der Waals surface area contributed by atoms with Gasteiger partial charge in [0.25, 0.3) is 0 Å². The normalized spacial score (nSPS) is 11.3. The number of nitrogens with zero attached hydrogens (tertiary/aromatic N) is 2. The Morgan fingerprint density at radius 1 is 1.18 bits per heavy atom. The predicted molar refractivity (Wildman–Crippen MR) is 108 cm³/mol. The number of carboxylic acids is 1. The minimum Gasteiger partial charge on any atom is -0.478 e. The lowest BCUT2D eigenvalue weighted by Crippen LogP contribution is -2.14. The minimum absolute atomic E-state index is 0.0245. The van der Waals surface area contributed by atoms with E-state index in [1.54, 1.807) is 43.3 Å². The Labute approximate surface area is 162 Å². The summed E-state index contributed by atoms with van der Waals surface area (Å²) in [6, 6.07) is 13.7. The number of hydrogen-bond acceptors (Lipinski definition) is 4. The van der Waals surface area contributed by atoms with Crippen molar-refractivity contribution >= 4 is 32.6 Å². The molecule has 0 aliphatic heterocycles. The minimum atomic E-state index is -3.37. The number of nitriles is 1. The van der Waals surface area contributed by atoms with Crippen LogP contribution in [0.4, 0.5) is 5.69 Å². The van der Waals surface area contributed by atoms with E-state index in [1.807, 2.05) is 11.5 Å². The van der Waals surface area contributed by atoms with E-state index >= 15 is 0 Å². The second kappa shape index (κ2) is 7.37. The van der Waals surface area contributed by atoms with Crippen molar-refractivity contribution in [3.05, 3.63) is 53.6 Å². The van der Waals surface area contributed by atoms with Crippen LogP contribution in [0.3, 0.4) is 0 Å². The Hall–Kier alpha value is -3.31. The van der Waals surface area contributed by atoms with Crippen LogP contribution >= 0.6 is 0 Å². The van der Waals surface area contributed by atoms with Gasteiger partial charge in [-0.05, 0) is 43.7 Å². The fraction of sp³-hybridized carbons (Fsp3) is 0.200. The molecule has 0 unspecified atom stereocenters. The van der Waals surface area contributed by atoms with Gasteiger partial charge < -0.3 is 9.67 Å². The fourth-order valence-corrected chi connectivity index (χ4v) is 3.81. The summed E-state index contributed by atoms with van der Waals surface area (Å²) in [6.07, 6.45) is 0. The van der Waals surface area contributed by atoms with Crippen LogP contribution in [0.5, 0.6) is 0 Å². The highest BCUT2D eigenvalue weighted by molar-refractivity contribution is 7.92. The molecule has 0 radical (unpaired) electrons. The highest BCUT2D eigenvalue weighted by Gasteiger charge is 2.19. The Morgan fingerprint density at radius 2 is 1.86 bits per heavy atom. The molecular formula is C20H19N3O4S. The molecule has 144 valence electrons. The van der Waals surface area contributed by atoms with E-state index in [-0.39, 0.29) is 11.3 Å². The molecule has 3 aromatic rings. The average molecular weight is 397 g/mol. The van der Waals surface area contributed by atoms with Crippen molar-refractivity contribution in [3.8, 4) is 17.3 Å². The van der Waals surface area contributed by atoms with Gasteiger partial charge in [0.05, 0.1) is 28.1 Å². The summed E-state index contributed by atoms with van der Waals surface area (Å²) in [5.74, 6) is -1.05. The molecule has 0 aliphatic carbocycles. The number of rotatable bonds is 6. The molecule has 3 rings (SSSR count). The maximum absolute atomic E-state index is 11.7. The Morgan fingerprint density at radius 3 is 2.39 bits per heavy atom. The van der Waals surface area contributed by atoms with E-state index in [9.17, 15) is 23.6 Å². The molecule has 0 fully saturated rings. The predicted octanol–water partition coefficient (Wildman–Crippen LogP) is 3.66. The smallest absolute Gasteiger partial charge is 0.335 e. The van der Waals surface area contributed by atoms with Gasteiger partial charge in [-0.2, -0.15) is 5.26 Å². The molecule has 2 aromatic carbocycles. The zero-order valence-corrected chi connectivity index (χ0v) is 16.2. The van der Waals surface area contributed by atoms with Crippen LogP contribution in [0.1, 0.15) is 29.8 Å². The van der Waals surface area contributed by atoms with Crippen LogP contribution in [-0.4, -0.2) is 29.8 Å². The number of sulfonamides is 1. The topological polar surface area (TPSA) is 112 Å². The van der Waals surface area contributed by atoms with Crippen LogP contribution in [0.15, 0.2) is 42.5 Å². The van der Waals surface area contributed by atoms with Gasteiger partial charge in [0.15, 0.2) is 0 Å². The molecule has 0 bridgehead atoms. The first-order valence-electron chi connectivity index (χ1n) is 8.71. The van der Waals surface area contributed by atoms with Gasteiger partial charge in [-0.1, -0.05) is 18.2 Å². The zero-order chi connectivity index (χ0) is 20.5. The maximum atomic E-state index is 11.7. The molecule has 0 saturated carbocycles. The van der Waals surface area contributed by atoms with Crippen LogP contribution in [0.2, 0.25) is 0 Å². The standard InChI is InChI=1S/C20H19N3O4S/c1-3-23-18-11-14(20(24)25)7-10-16(18)17(12-21)19(23)13-5-8-15(9-6-13)22-28(26,27)4-2/h5-11,22H,3-4H2,1-2H3,(H,24,25). The lowest BCUT2D eigenvalue weighted by atomic mass is 10.0. The van der Waals surface area contributed by atoms with E-state index in [0.717, 1.165) is 5.56 Å². The van der Waals surface area contributed by atoms with Crippen molar-refractivity contribution in [2.24, 2.45) is 0 Å². The lowest BCUT2D eigenvalue weighted by molar-refractivity contribution is 0.0697. The quantitative estimate of drug-likeness (QED) is 0.659. The molecule has 0 atom stereocenters. The van der Waals surface area contributed by atoms with Crippen molar-refractivity contribution in [2.75, 3.05) is 10.5 Å². The third-order valence-corrected chi connectivity index (χ3v) is 5.86. The third-order valence-electron chi connectivity index (χ3n) is 4.55. The molecule has 1 aromatic heterocycles. The van der Waals surface area contributed by atoms with E-state index in [1.165, 1.54) is 6.07 Å². The van der Waals surface area contributed by atoms with Gasteiger partial charge in [-0.15, -0.1) is 0 Å². The van der Waals surface area contributed by atoms with Crippen LogP contribution in [-0.2, 0) is 16.6 Å². The second-order valence-corrected chi connectivity index (χ2v) is 8.21. The van der Waals surface area contributed by atoms with Crippen molar-refractivity contribution in [1.82, 2.24) is 4.57 Å². The van der Waals surface area contributed by atoms with Crippen molar-refractivity contribution in [2.45, 2.75) is 20.4 Å². The van der Waals surface area contributed by atoms with Gasteiger partial charge in [0.1, 0.15) is 6.07 Å². The fourth-order valence-electron chi connectivity index (χ4n) is 3.17. The molecular weight excluding hydrogens is 378 g/mol. The molecule has 0 aliphatic rings. The summed E-state index contributed by atoms with van der Waals surface area (Å²) < 4.78 is 27.8. The number of nitrogens with one attached hydrogen (secondary N) is 1. The highest BCUT2D eigenvalue weighted by atomic mass is 32.2. The molecule has 1 heterocycles. The van der Waals surface area contributed by atoms with Crippen LogP contribution < -0.4 is 4.72 Å². The van der Waals surface area contributed by atoms with Crippen LogP contribution in [0, 0.1) is 11.3 Å². The van der Waals surface area contributed by atoms with Crippen molar-refractivity contribution < 1.29 is 18.3 Å². The number of fused-ring (bicyclic) bond motifs is 1. The van der Waals surface area contributed by atoms with E-state index in [4.69, 9.17) is 0 Å². The first-order valence-corrected chi connectivity index (χ1v) is 10.4. The summed E-state index contributed by atoms with van der Waals surface area (Å²) in [5, 5.41) is 19.7. The number of carboxylic acid groups (broad SMARTS) is 1. The second-order valence-electron chi connectivity index (χ2n) is 6.20.